The molecule has 3 rings (SSSR count). The molecule has 1 saturated heterocycles. The van der Waals surface area contributed by atoms with Gasteiger partial charge in [0.25, 0.3) is 0 Å². The third-order valence-corrected chi connectivity index (χ3v) is 8.26. The number of sulfone groups is 1. The van der Waals surface area contributed by atoms with Crippen LogP contribution in [0.5, 0.6) is 0 Å². The third kappa shape index (κ3) is 7.28. The van der Waals surface area contributed by atoms with E-state index in [0.717, 1.165) is 25.0 Å². The Balaban J connectivity index is 1.73. The fraction of sp³-hybridized carbons (Fsp3) is 0.560. The molecule has 0 radical (unpaired) electrons. The lowest BCUT2D eigenvalue weighted by atomic mass is 9.94. The molecule has 1 spiro atoms. The molecule has 1 aromatic rings. The van der Waals surface area contributed by atoms with Gasteiger partial charge in [-0.05, 0) is 50.0 Å². The Morgan fingerprint density at radius 2 is 2.17 bits per heavy atom. The van der Waals surface area contributed by atoms with Crippen molar-refractivity contribution >= 4 is 27.4 Å². The lowest BCUT2D eigenvalue weighted by molar-refractivity contribution is -0.150. The normalized spacial score (nSPS) is 24.2. The molecule has 2 unspecified atom stereocenters. The van der Waals surface area contributed by atoms with E-state index < -0.39 is 38.4 Å². The molecule has 1 aromatic carbocycles. The molecular formula is C25H30ClFO7S. The van der Waals surface area contributed by atoms with Gasteiger partial charge in [-0.15, -0.1) is 12.3 Å². The average Bonchev–Trinajstić information content (AvgIpc) is 3.20. The van der Waals surface area contributed by atoms with Gasteiger partial charge in [-0.2, -0.15) is 0 Å². The number of rotatable bonds is 11. The second-order valence-electron chi connectivity index (χ2n) is 8.49. The Kier molecular flexibility index (Phi) is 9.73. The van der Waals surface area contributed by atoms with Crippen LogP contribution in [0.3, 0.4) is 0 Å². The SMILES string of the molecule is C#CCCCCOC[C@@H]1COC2(C=C(C(=O)OCC)C(S(=O)(=O)Cc3ccc(F)cc3Cl)CC2)O1. The van der Waals surface area contributed by atoms with Crippen molar-refractivity contribution < 1.29 is 36.6 Å². The van der Waals surface area contributed by atoms with Crippen molar-refractivity contribution in [2.24, 2.45) is 0 Å². The van der Waals surface area contributed by atoms with Gasteiger partial charge in [-0.25, -0.2) is 17.6 Å². The van der Waals surface area contributed by atoms with Gasteiger partial charge in [0.15, 0.2) is 15.6 Å². The molecule has 0 amide bonds. The van der Waals surface area contributed by atoms with Gasteiger partial charge in [-0.1, -0.05) is 17.7 Å². The zero-order chi connectivity index (χ0) is 25.5. The number of carbonyl (C=O) groups is 1. The van der Waals surface area contributed by atoms with Crippen molar-refractivity contribution in [3.8, 4) is 12.3 Å². The van der Waals surface area contributed by atoms with Gasteiger partial charge in [0.05, 0.1) is 36.4 Å². The summed E-state index contributed by atoms with van der Waals surface area (Å²) in [5.74, 6) is -0.395. The minimum Gasteiger partial charge on any atom is -0.463 e. The highest BCUT2D eigenvalue weighted by molar-refractivity contribution is 7.91. The summed E-state index contributed by atoms with van der Waals surface area (Å²) in [6.45, 7) is 2.82. The first kappa shape index (κ1) is 27.6. The van der Waals surface area contributed by atoms with Crippen LogP contribution in [0.2, 0.25) is 5.02 Å². The summed E-state index contributed by atoms with van der Waals surface area (Å²) in [6.07, 6.45) is 9.06. The molecule has 35 heavy (non-hydrogen) atoms. The van der Waals surface area contributed by atoms with E-state index in [9.17, 15) is 17.6 Å². The van der Waals surface area contributed by atoms with Gasteiger partial charge in [0.1, 0.15) is 11.9 Å². The lowest BCUT2D eigenvalue weighted by Gasteiger charge is -2.33. The number of unbranched alkanes of at least 4 members (excludes halogenated alkanes) is 2. The summed E-state index contributed by atoms with van der Waals surface area (Å²) in [6, 6.07) is 3.53. The first-order valence-electron chi connectivity index (χ1n) is 11.6. The van der Waals surface area contributed by atoms with E-state index >= 15 is 0 Å². The number of halogens is 2. The molecule has 1 heterocycles. The molecule has 7 nitrogen and oxygen atoms in total. The average molecular weight is 529 g/mol. The summed E-state index contributed by atoms with van der Waals surface area (Å²) in [5, 5.41) is -1.13. The number of benzene rings is 1. The molecule has 0 bridgehead atoms. The zero-order valence-corrected chi connectivity index (χ0v) is 21.2. The monoisotopic (exact) mass is 528 g/mol. The van der Waals surface area contributed by atoms with Gasteiger partial charge < -0.3 is 18.9 Å². The topological polar surface area (TPSA) is 88.1 Å². The molecule has 3 atom stereocenters. The van der Waals surface area contributed by atoms with Crippen molar-refractivity contribution in [1.29, 1.82) is 0 Å². The highest BCUT2D eigenvalue weighted by Crippen LogP contribution is 2.40. The molecule has 0 saturated carbocycles. The molecule has 0 N–H and O–H groups in total. The fourth-order valence-electron chi connectivity index (χ4n) is 4.14. The van der Waals surface area contributed by atoms with E-state index in [2.05, 4.69) is 5.92 Å². The molecule has 1 aliphatic heterocycles. The number of ether oxygens (including phenoxy) is 4. The molecule has 10 heteroatoms. The molecule has 1 aliphatic carbocycles. The van der Waals surface area contributed by atoms with Crippen molar-refractivity contribution in [1.82, 2.24) is 0 Å². The van der Waals surface area contributed by atoms with Gasteiger partial charge >= 0.3 is 5.97 Å². The maximum atomic E-state index is 13.4. The highest BCUT2D eigenvalue weighted by atomic mass is 35.5. The van der Waals surface area contributed by atoms with E-state index in [4.69, 9.17) is 37.0 Å². The van der Waals surface area contributed by atoms with Crippen LogP contribution in [0.1, 0.15) is 44.6 Å². The number of terminal acetylenes is 1. The summed E-state index contributed by atoms with van der Waals surface area (Å²) in [4.78, 5) is 12.8. The van der Waals surface area contributed by atoms with Gasteiger partial charge in [-0.3, -0.25) is 0 Å². The van der Waals surface area contributed by atoms with Crippen LogP contribution < -0.4 is 0 Å². The Morgan fingerprint density at radius 1 is 1.37 bits per heavy atom. The zero-order valence-electron chi connectivity index (χ0n) is 19.6. The van der Waals surface area contributed by atoms with Gasteiger partial charge in [0.2, 0.25) is 0 Å². The Hall–Kier alpha value is -1.96. The van der Waals surface area contributed by atoms with Crippen molar-refractivity contribution in [3.63, 3.8) is 0 Å². The molecule has 1 fully saturated rings. The molecule has 0 aromatic heterocycles. The van der Waals surface area contributed by atoms with E-state index in [1.807, 2.05) is 0 Å². The largest absolute Gasteiger partial charge is 0.463 e. The van der Waals surface area contributed by atoms with Crippen molar-refractivity contribution in [2.45, 2.75) is 61.9 Å². The van der Waals surface area contributed by atoms with Crippen LogP contribution in [-0.2, 0) is 39.3 Å². The van der Waals surface area contributed by atoms with E-state index in [-0.39, 0.29) is 48.3 Å². The first-order chi connectivity index (χ1) is 16.7. The summed E-state index contributed by atoms with van der Waals surface area (Å²) >= 11 is 6.04. The quantitative estimate of drug-likeness (QED) is 0.244. The third-order valence-electron chi connectivity index (χ3n) is 5.84. The predicted octanol–water partition coefficient (Wildman–Crippen LogP) is 3.98. The Labute approximate surface area is 210 Å². The fourth-order valence-corrected chi connectivity index (χ4v) is 6.37. The number of carbonyl (C=O) groups excluding carboxylic acids is 1. The summed E-state index contributed by atoms with van der Waals surface area (Å²) < 4.78 is 62.8. The van der Waals surface area contributed by atoms with Crippen LogP contribution in [0.4, 0.5) is 4.39 Å². The number of hydrogen-bond donors (Lipinski definition) is 0. The Morgan fingerprint density at radius 3 is 2.89 bits per heavy atom. The van der Waals surface area contributed by atoms with E-state index in [1.54, 1.807) is 6.92 Å². The lowest BCUT2D eigenvalue weighted by Crippen LogP contribution is -2.41. The van der Waals surface area contributed by atoms with Crippen molar-refractivity contribution in [3.05, 3.63) is 46.3 Å². The van der Waals surface area contributed by atoms with E-state index in [0.29, 0.717) is 19.6 Å². The van der Waals surface area contributed by atoms with Crippen LogP contribution in [0.25, 0.3) is 0 Å². The second kappa shape index (κ2) is 12.3. The molecular weight excluding hydrogens is 499 g/mol. The summed E-state index contributed by atoms with van der Waals surface area (Å²) in [7, 11) is -3.90. The maximum Gasteiger partial charge on any atom is 0.335 e. The smallest absolute Gasteiger partial charge is 0.335 e. The van der Waals surface area contributed by atoms with Crippen LogP contribution in [0.15, 0.2) is 29.8 Å². The van der Waals surface area contributed by atoms with E-state index in [1.165, 1.54) is 12.1 Å². The Bertz CT molecular complexity index is 1080. The van der Waals surface area contributed by atoms with Crippen LogP contribution in [0, 0.1) is 18.2 Å². The first-order valence-corrected chi connectivity index (χ1v) is 13.7. The predicted molar refractivity (Wildman–Crippen MR) is 129 cm³/mol. The maximum absolute atomic E-state index is 13.4. The minimum atomic E-state index is -3.90. The minimum absolute atomic E-state index is 0.00658. The summed E-state index contributed by atoms with van der Waals surface area (Å²) in [5.41, 5.74) is 0.219. The number of hydrogen-bond acceptors (Lipinski definition) is 7. The van der Waals surface area contributed by atoms with Crippen LogP contribution >= 0.6 is 11.6 Å². The molecule has 2 aliphatic rings. The standard InChI is InChI=1S/C25H30ClFO7S/c1-3-5-6-7-12-31-15-20-16-33-25(34-20)11-10-23(21(14-25)24(28)32-4-2)35(29,30)17-18-8-9-19(27)13-22(18)26/h1,8-9,13-14,20,23H,4-7,10-12,15-17H2,2H3/t20-,23?,25?/m1/s1. The van der Waals surface area contributed by atoms with Gasteiger partial charge in [0, 0.05) is 24.5 Å². The molecule has 192 valence electrons. The highest BCUT2D eigenvalue weighted by Gasteiger charge is 2.48. The van der Waals surface area contributed by atoms with Crippen LogP contribution in [-0.4, -0.2) is 58.0 Å². The second-order valence-corrected chi connectivity index (χ2v) is 11.1. The number of esters is 1. The van der Waals surface area contributed by atoms with Crippen molar-refractivity contribution in [2.75, 3.05) is 26.4 Å².